The van der Waals surface area contributed by atoms with Gasteiger partial charge >= 0.3 is 0 Å². The molecule has 0 amide bonds. The summed E-state index contributed by atoms with van der Waals surface area (Å²) in [5.41, 5.74) is 4.51. The Morgan fingerprint density at radius 3 is 1.51 bits per heavy atom. The van der Waals surface area contributed by atoms with Crippen LogP contribution in [0.2, 0.25) is 0 Å². The van der Waals surface area contributed by atoms with Gasteiger partial charge in [0.2, 0.25) is 0 Å². The smallest absolute Gasteiger partial charge is 0.151 e. The zero-order valence-electron chi connectivity index (χ0n) is 22.6. The van der Waals surface area contributed by atoms with Gasteiger partial charge in [-0.05, 0) is 95.3 Å². The SMILES string of the molecule is CN1c2ccccc2Oc2ccc(-c3ccc4c5ccccc5c5c6ccccc6c6ccccc6c5c4c3)cc21. The van der Waals surface area contributed by atoms with Crippen LogP contribution < -0.4 is 9.64 Å². The Morgan fingerprint density at radius 2 is 0.854 bits per heavy atom. The summed E-state index contributed by atoms with van der Waals surface area (Å²) in [6, 6.07) is 48.3. The lowest BCUT2D eigenvalue weighted by molar-refractivity contribution is 0.475. The van der Waals surface area contributed by atoms with E-state index in [0.29, 0.717) is 0 Å². The molecule has 0 spiro atoms. The number of hydrogen-bond acceptors (Lipinski definition) is 2. The fraction of sp³-hybridized carbons (Fsp3) is 0.0256. The second kappa shape index (κ2) is 8.33. The van der Waals surface area contributed by atoms with Gasteiger partial charge in [0.25, 0.3) is 0 Å². The van der Waals surface area contributed by atoms with Gasteiger partial charge in [-0.1, -0.05) is 103 Å². The molecule has 2 heteroatoms. The zero-order valence-corrected chi connectivity index (χ0v) is 22.6. The first-order chi connectivity index (χ1) is 20.3. The summed E-state index contributed by atoms with van der Waals surface area (Å²) in [5, 5.41) is 13.0. The van der Waals surface area contributed by atoms with Crippen LogP contribution in [0.15, 0.2) is 133 Å². The molecule has 192 valence electrons. The lowest BCUT2D eigenvalue weighted by Gasteiger charge is -2.30. The summed E-state index contributed by atoms with van der Waals surface area (Å²) in [6.07, 6.45) is 0. The highest BCUT2D eigenvalue weighted by Gasteiger charge is 2.22. The molecule has 2 nitrogen and oxygen atoms in total. The van der Waals surface area contributed by atoms with Crippen molar-refractivity contribution in [1.82, 2.24) is 0 Å². The van der Waals surface area contributed by atoms with E-state index in [2.05, 4.69) is 133 Å². The van der Waals surface area contributed by atoms with E-state index in [0.717, 1.165) is 22.9 Å². The Kier molecular flexibility index (Phi) is 4.57. The molecule has 0 N–H and O–H groups in total. The van der Waals surface area contributed by atoms with Crippen LogP contribution in [-0.4, -0.2) is 7.05 Å². The van der Waals surface area contributed by atoms with E-state index in [9.17, 15) is 0 Å². The van der Waals surface area contributed by atoms with Crippen molar-refractivity contribution in [2.24, 2.45) is 0 Å². The molecule has 0 saturated heterocycles. The lowest BCUT2D eigenvalue weighted by atomic mass is 9.86. The predicted molar refractivity (Wildman–Crippen MR) is 174 cm³/mol. The molecule has 0 aliphatic carbocycles. The number of rotatable bonds is 1. The van der Waals surface area contributed by atoms with Crippen molar-refractivity contribution < 1.29 is 4.74 Å². The fourth-order valence-electron chi connectivity index (χ4n) is 6.92. The summed E-state index contributed by atoms with van der Waals surface area (Å²) in [4.78, 5) is 2.22. The maximum atomic E-state index is 6.26. The summed E-state index contributed by atoms with van der Waals surface area (Å²) in [7, 11) is 2.11. The fourth-order valence-corrected chi connectivity index (χ4v) is 6.92. The highest BCUT2D eigenvalue weighted by Crippen LogP contribution is 2.48. The third kappa shape index (κ3) is 3.13. The van der Waals surface area contributed by atoms with Gasteiger partial charge in [0, 0.05) is 7.05 Å². The molecule has 9 rings (SSSR count). The van der Waals surface area contributed by atoms with Crippen LogP contribution in [0.1, 0.15) is 0 Å². The Balaban J connectivity index is 1.37. The van der Waals surface area contributed by atoms with Gasteiger partial charge in [-0.2, -0.15) is 0 Å². The lowest BCUT2D eigenvalue weighted by Crippen LogP contribution is -2.15. The van der Waals surface area contributed by atoms with Crippen LogP contribution in [0.25, 0.3) is 65.0 Å². The standard InChI is InChI=1S/C39H25NO/c1-40-34-16-8-9-17-36(34)41-37-21-19-25(23-35(37)40)24-18-20-29-28-12-4-6-14-31(28)38-30-13-5-2-10-26(30)27-11-3-7-15-32(27)39(38)33(29)22-24/h2-23H,1H3. The van der Waals surface area contributed by atoms with E-state index in [1.54, 1.807) is 0 Å². The van der Waals surface area contributed by atoms with Crippen molar-refractivity contribution in [3.8, 4) is 22.6 Å². The molecular weight excluding hydrogens is 498 g/mol. The van der Waals surface area contributed by atoms with Crippen LogP contribution in [-0.2, 0) is 0 Å². The van der Waals surface area contributed by atoms with Gasteiger partial charge in [-0.25, -0.2) is 0 Å². The minimum absolute atomic E-state index is 0.879. The zero-order chi connectivity index (χ0) is 27.1. The van der Waals surface area contributed by atoms with Crippen molar-refractivity contribution in [1.29, 1.82) is 0 Å². The van der Waals surface area contributed by atoms with Crippen molar-refractivity contribution in [3.63, 3.8) is 0 Å². The third-order valence-electron chi connectivity index (χ3n) is 8.81. The van der Waals surface area contributed by atoms with Gasteiger partial charge < -0.3 is 9.64 Å². The Bertz CT molecular complexity index is 2350. The average Bonchev–Trinajstić information content (AvgIpc) is 3.04. The first-order valence-electron chi connectivity index (χ1n) is 14.1. The van der Waals surface area contributed by atoms with E-state index in [4.69, 9.17) is 4.74 Å². The number of para-hydroxylation sites is 2. The Hall–Kier alpha value is -5.34. The molecule has 0 atom stereocenters. The summed E-state index contributed by atoms with van der Waals surface area (Å²) >= 11 is 0. The molecule has 0 bridgehead atoms. The first kappa shape index (κ1) is 22.5. The van der Waals surface area contributed by atoms with Crippen molar-refractivity contribution >= 4 is 65.2 Å². The molecule has 0 radical (unpaired) electrons. The van der Waals surface area contributed by atoms with Gasteiger partial charge in [-0.15, -0.1) is 0 Å². The molecular formula is C39H25NO. The van der Waals surface area contributed by atoms with E-state index >= 15 is 0 Å². The first-order valence-corrected chi connectivity index (χ1v) is 14.1. The molecule has 1 aliphatic rings. The molecule has 0 aromatic heterocycles. The average molecular weight is 524 g/mol. The third-order valence-corrected chi connectivity index (χ3v) is 8.81. The van der Waals surface area contributed by atoms with Gasteiger partial charge in [0.1, 0.15) is 0 Å². The maximum Gasteiger partial charge on any atom is 0.151 e. The van der Waals surface area contributed by atoms with E-state index < -0.39 is 0 Å². The predicted octanol–water partition coefficient (Wildman–Crippen LogP) is 11.0. The van der Waals surface area contributed by atoms with Crippen molar-refractivity contribution in [2.75, 3.05) is 11.9 Å². The molecule has 1 heterocycles. The molecule has 8 aromatic carbocycles. The molecule has 0 fully saturated rings. The minimum Gasteiger partial charge on any atom is -0.453 e. The van der Waals surface area contributed by atoms with E-state index in [1.807, 2.05) is 12.1 Å². The molecule has 41 heavy (non-hydrogen) atoms. The van der Waals surface area contributed by atoms with E-state index in [1.165, 1.54) is 65.0 Å². The topological polar surface area (TPSA) is 12.5 Å². The Labute approximate surface area is 237 Å². The molecule has 1 aliphatic heterocycles. The minimum atomic E-state index is 0.879. The van der Waals surface area contributed by atoms with Crippen LogP contribution in [0, 0.1) is 0 Å². The number of nitrogens with zero attached hydrogens (tertiary/aromatic N) is 1. The number of fused-ring (bicyclic) bond motifs is 13. The van der Waals surface area contributed by atoms with Crippen molar-refractivity contribution in [2.45, 2.75) is 0 Å². The maximum absolute atomic E-state index is 6.26. The van der Waals surface area contributed by atoms with Crippen LogP contribution >= 0.6 is 0 Å². The normalized spacial score (nSPS) is 12.7. The molecule has 8 aromatic rings. The number of anilines is 2. The van der Waals surface area contributed by atoms with Crippen LogP contribution in [0.3, 0.4) is 0 Å². The summed E-state index contributed by atoms with van der Waals surface area (Å²) in [6.45, 7) is 0. The highest BCUT2D eigenvalue weighted by atomic mass is 16.5. The Morgan fingerprint density at radius 1 is 0.390 bits per heavy atom. The second-order valence-corrected chi connectivity index (χ2v) is 11.0. The summed E-state index contributed by atoms with van der Waals surface area (Å²) < 4.78 is 6.26. The number of ether oxygens (including phenoxy) is 1. The van der Waals surface area contributed by atoms with E-state index in [-0.39, 0.29) is 0 Å². The second-order valence-electron chi connectivity index (χ2n) is 11.0. The largest absolute Gasteiger partial charge is 0.453 e. The van der Waals surface area contributed by atoms with Gasteiger partial charge in [0.15, 0.2) is 11.5 Å². The van der Waals surface area contributed by atoms with Crippen LogP contribution in [0.4, 0.5) is 11.4 Å². The highest BCUT2D eigenvalue weighted by molar-refractivity contribution is 6.39. The van der Waals surface area contributed by atoms with Crippen LogP contribution in [0.5, 0.6) is 11.5 Å². The molecule has 0 saturated carbocycles. The monoisotopic (exact) mass is 523 g/mol. The quantitative estimate of drug-likeness (QED) is 0.198. The van der Waals surface area contributed by atoms with Gasteiger partial charge in [0.05, 0.1) is 11.4 Å². The number of benzene rings is 8. The number of hydrogen-bond donors (Lipinski definition) is 0. The van der Waals surface area contributed by atoms with Gasteiger partial charge in [-0.3, -0.25) is 0 Å². The molecule has 0 unspecified atom stereocenters. The summed E-state index contributed by atoms with van der Waals surface area (Å²) in [5.74, 6) is 1.77. The van der Waals surface area contributed by atoms with Crippen molar-refractivity contribution in [3.05, 3.63) is 133 Å².